The van der Waals surface area contributed by atoms with E-state index in [1.54, 1.807) is 17.0 Å². The highest BCUT2D eigenvalue weighted by Crippen LogP contribution is 2.35. The molecule has 2 aliphatic heterocycles. The van der Waals surface area contributed by atoms with Crippen molar-refractivity contribution in [1.82, 2.24) is 15.3 Å². The largest absolute Gasteiger partial charge is 0.482 e. The van der Waals surface area contributed by atoms with E-state index in [9.17, 15) is 9.59 Å². The molecule has 1 N–H and O–H groups in total. The van der Waals surface area contributed by atoms with Crippen LogP contribution in [0.4, 0.5) is 5.69 Å². The Kier molecular flexibility index (Phi) is 4.86. The zero-order valence-electron chi connectivity index (χ0n) is 15.2. The summed E-state index contributed by atoms with van der Waals surface area (Å²) in [6.07, 6.45) is 1.74. The van der Waals surface area contributed by atoms with Crippen LogP contribution in [0, 0.1) is 13.8 Å². The number of hydrogen-bond acceptors (Lipinski definition) is 7. The normalized spacial score (nSPS) is 17.6. The molecule has 2 amide bonds. The molecule has 0 bridgehead atoms. The molecule has 7 nitrogen and oxygen atoms in total. The van der Waals surface area contributed by atoms with Crippen molar-refractivity contribution in [2.75, 3.05) is 11.5 Å². The molecule has 1 aromatic heterocycles. The fourth-order valence-electron chi connectivity index (χ4n) is 3.07. The monoisotopic (exact) mass is 412 g/mol. The van der Waals surface area contributed by atoms with E-state index in [0.29, 0.717) is 26.5 Å². The van der Waals surface area contributed by atoms with Crippen molar-refractivity contribution in [2.45, 2.75) is 20.4 Å². The number of amides is 2. The first kappa shape index (κ1) is 18.6. The predicted molar refractivity (Wildman–Crippen MR) is 111 cm³/mol. The summed E-state index contributed by atoms with van der Waals surface area (Å²) in [5.74, 6) is 0.776. The molecule has 0 saturated carbocycles. The second kappa shape index (κ2) is 7.33. The van der Waals surface area contributed by atoms with E-state index in [4.69, 9.17) is 17.0 Å². The number of benzene rings is 1. The maximum absolute atomic E-state index is 12.5. The van der Waals surface area contributed by atoms with Crippen molar-refractivity contribution in [2.24, 2.45) is 0 Å². The molecule has 0 aliphatic carbocycles. The number of carbonyl (C=O) groups is 2. The molecule has 1 aromatic carbocycles. The van der Waals surface area contributed by atoms with Crippen LogP contribution in [0.2, 0.25) is 0 Å². The number of carbonyl (C=O) groups excluding carboxylic acids is 2. The minimum atomic E-state index is -0.222. The molecule has 28 heavy (non-hydrogen) atoms. The van der Waals surface area contributed by atoms with Gasteiger partial charge in [-0.15, -0.1) is 0 Å². The van der Waals surface area contributed by atoms with Gasteiger partial charge in [-0.25, -0.2) is 9.97 Å². The van der Waals surface area contributed by atoms with Crippen molar-refractivity contribution >= 4 is 51.9 Å². The molecule has 3 heterocycles. The third kappa shape index (κ3) is 3.76. The number of aryl methyl sites for hydroxylation is 2. The smallest absolute Gasteiger partial charge is 0.265 e. The highest BCUT2D eigenvalue weighted by Gasteiger charge is 2.27. The first-order valence-corrected chi connectivity index (χ1v) is 9.75. The maximum atomic E-state index is 12.5. The molecule has 2 aliphatic rings. The Morgan fingerprint density at radius 1 is 1.25 bits per heavy atom. The molecule has 1 saturated heterocycles. The van der Waals surface area contributed by atoms with Crippen LogP contribution in [0.5, 0.6) is 5.75 Å². The first-order chi connectivity index (χ1) is 13.4. The Hall–Kier alpha value is -2.78. The van der Waals surface area contributed by atoms with Gasteiger partial charge in [-0.1, -0.05) is 30.0 Å². The number of fused-ring (bicyclic) bond motifs is 1. The van der Waals surface area contributed by atoms with Gasteiger partial charge in [0.1, 0.15) is 15.9 Å². The fourth-order valence-corrected chi connectivity index (χ4v) is 4.11. The topological polar surface area (TPSA) is 84.4 Å². The Morgan fingerprint density at radius 2 is 2.00 bits per heavy atom. The number of ether oxygens (including phenoxy) is 1. The van der Waals surface area contributed by atoms with Crippen LogP contribution >= 0.6 is 24.0 Å². The van der Waals surface area contributed by atoms with Gasteiger partial charge in [0, 0.05) is 11.4 Å². The van der Waals surface area contributed by atoms with Gasteiger partial charge in [-0.05, 0) is 43.7 Å². The van der Waals surface area contributed by atoms with Crippen molar-refractivity contribution in [1.29, 1.82) is 0 Å². The lowest BCUT2D eigenvalue weighted by Gasteiger charge is -2.29. The lowest BCUT2D eigenvalue weighted by Crippen LogP contribution is -2.38. The van der Waals surface area contributed by atoms with Crippen molar-refractivity contribution in [3.63, 3.8) is 0 Å². The number of anilines is 1. The Labute approximate surface area is 171 Å². The van der Waals surface area contributed by atoms with Crippen LogP contribution in [0.25, 0.3) is 6.08 Å². The Morgan fingerprint density at radius 3 is 2.68 bits per heavy atom. The summed E-state index contributed by atoms with van der Waals surface area (Å²) in [5.41, 5.74) is 3.09. The van der Waals surface area contributed by atoms with E-state index >= 15 is 0 Å². The lowest BCUT2D eigenvalue weighted by atomic mass is 10.1. The molecular weight excluding hydrogens is 396 g/mol. The van der Waals surface area contributed by atoms with Crippen LogP contribution in [-0.4, -0.2) is 32.7 Å². The van der Waals surface area contributed by atoms with Crippen LogP contribution in [0.1, 0.15) is 22.8 Å². The minimum Gasteiger partial charge on any atom is -0.482 e. The summed E-state index contributed by atoms with van der Waals surface area (Å²) < 4.78 is 5.99. The van der Waals surface area contributed by atoms with E-state index in [0.717, 1.165) is 17.0 Å². The number of nitrogens with zero attached hydrogens (tertiary/aromatic N) is 3. The molecule has 142 valence electrons. The Bertz CT molecular complexity index is 1030. The van der Waals surface area contributed by atoms with E-state index in [-0.39, 0.29) is 25.0 Å². The first-order valence-electron chi connectivity index (χ1n) is 8.52. The van der Waals surface area contributed by atoms with E-state index in [2.05, 4.69) is 15.3 Å². The fraction of sp³-hybridized carbons (Fsp3) is 0.211. The molecule has 0 spiro atoms. The van der Waals surface area contributed by atoms with Gasteiger partial charge in [0.25, 0.3) is 11.8 Å². The molecule has 4 rings (SSSR count). The average Bonchev–Trinajstić information content (AvgIpc) is 2.94. The highest BCUT2D eigenvalue weighted by molar-refractivity contribution is 8.26. The lowest BCUT2D eigenvalue weighted by molar-refractivity contribution is -0.121. The maximum Gasteiger partial charge on any atom is 0.265 e. The summed E-state index contributed by atoms with van der Waals surface area (Å²) in [4.78, 5) is 35.4. The number of rotatable bonds is 3. The van der Waals surface area contributed by atoms with Crippen molar-refractivity contribution in [3.8, 4) is 5.75 Å². The van der Waals surface area contributed by atoms with Crippen molar-refractivity contribution < 1.29 is 14.3 Å². The second-order valence-electron chi connectivity index (χ2n) is 6.41. The van der Waals surface area contributed by atoms with Crippen LogP contribution in [0.15, 0.2) is 29.2 Å². The molecule has 0 radical (unpaired) electrons. The van der Waals surface area contributed by atoms with Gasteiger partial charge in [-0.3, -0.25) is 14.5 Å². The molecule has 2 aromatic rings. The number of thiocarbonyl (C=S) groups is 1. The van der Waals surface area contributed by atoms with Gasteiger partial charge in [0.15, 0.2) is 6.61 Å². The van der Waals surface area contributed by atoms with E-state index in [1.807, 2.05) is 32.0 Å². The zero-order chi connectivity index (χ0) is 19.8. The Balaban J connectivity index is 1.69. The third-order valence-corrected chi connectivity index (χ3v) is 5.36. The van der Waals surface area contributed by atoms with E-state index in [1.165, 1.54) is 11.8 Å². The predicted octanol–water partition coefficient (Wildman–Crippen LogP) is 2.51. The molecule has 9 heteroatoms. The average molecular weight is 412 g/mol. The summed E-state index contributed by atoms with van der Waals surface area (Å²) in [6, 6.07) is 7.33. The van der Waals surface area contributed by atoms with Gasteiger partial charge >= 0.3 is 0 Å². The van der Waals surface area contributed by atoms with Crippen LogP contribution in [-0.2, 0) is 16.1 Å². The molecule has 0 unspecified atom stereocenters. The van der Waals surface area contributed by atoms with Crippen molar-refractivity contribution in [3.05, 3.63) is 51.9 Å². The third-order valence-electron chi connectivity index (χ3n) is 4.19. The molecular formula is C19H16N4O3S2. The van der Waals surface area contributed by atoms with Gasteiger partial charge in [-0.2, -0.15) is 0 Å². The number of thioether (sulfide) groups is 1. The SMILES string of the molecule is Cc1cc(C)nc(CN2C(=O)COc3ccc(C=C4SC(=S)NC4=O)cc32)n1. The van der Waals surface area contributed by atoms with E-state index < -0.39 is 0 Å². The van der Waals surface area contributed by atoms with Crippen LogP contribution < -0.4 is 15.0 Å². The van der Waals surface area contributed by atoms with Crippen LogP contribution in [0.3, 0.4) is 0 Å². The van der Waals surface area contributed by atoms with Gasteiger partial charge < -0.3 is 10.1 Å². The number of hydrogen-bond donors (Lipinski definition) is 1. The standard InChI is InChI=1S/C19H16N4O3S2/c1-10-5-11(2)21-16(20-10)8-23-13-6-12(3-4-14(13)26-9-17(23)24)7-15-18(25)22-19(27)28-15/h3-7H,8-9H2,1-2H3,(H,22,25,27). The van der Waals surface area contributed by atoms with Gasteiger partial charge in [0.2, 0.25) is 0 Å². The molecule has 1 fully saturated rings. The summed E-state index contributed by atoms with van der Waals surface area (Å²) in [7, 11) is 0. The number of aromatic nitrogens is 2. The zero-order valence-corrected chi connectivity index (χ0v) is 16.8. The summed E-state index contributed by atoms with van der Waals surface area (Å²) >= 11 is 6.23. The quantitative estimate of drug-likeness (QED) is 0.612. The second-order valence-corrected chi connectivity index (χ2v) is 8.13. The summed E-state index contributed by atoms with van der Waals surface area (Å²) in [5, 5.41) is 2.59. The minimum absolute atomic E-state index is 0.0369. The van der Waals surface area contributed by atoms with Gasteiger partial charge in [0.05, 0.1) is 17.1 Å². The summed E-state index contributed by atoms with van der Waals surface area (Å²) in [6.45, 7) is 4.00. The highest BCUT2D eigenvalue weighted by atomic mass is 32.2. The molecule has 0 atom stereocenters. The number of nitrogens with one attached hydrogen (secondary N) is 1.